The fourth-order valence-corrected chi connectivity index (χ4v) is 25.3. The van der Waals surface area contributed by atoms with Crippen molar-refractivity contribution in [2.24, 2.45) is 0 Å². The quantitative estimate of drug-likeness (QED) is 0.0533. The Balaban J connectivity index is 13.0. The summed E-state index contributed by atoms with van der Waals surface area (Å²) in [7, 11) is 125. The molecule has 0 fully saturated rings. The molecule has 0 rings (SSSR count). The lowest BCUT2D eigenvalue weighted by molar-refractivity contribution is 3.16. The third-order valence-corrected chi connectivity index (χ3v) is 30.0. The lowest BCUT2D eigenvalue weighted by atomic mass is 8.21. The zero-order chi connectivity index (χ0) is 69.0. The Morgan fingerprint density at radius 2 is 0.233 bits per heavy atom. The van der Waals surface area contributed by atoms with Crippen molar-refractivity contribution in [1.29, 1.82) is 0 Å². The van der Waals surface area contributed by atoms with Crippen molar-refractivity contribution in [2.45, 2.75) is 0 Å². The van der Waals surface area contributed by atoms with E-state index >= 15 is 0 Å². The molecule has 362 valence electrons. The molecule has 0 aromatic heterocycles. The molecule has 0 N–H and O–H groups in total. The Kier molecular flexibility index (Phi) is 58.9. The van der Waals surface area contributed by atoms with Crippen LogP contribution in [0.2, 0.25) is 0 Å². The van der Waals surface area contributed by atoms with Crippen LogP contribution in [0.3, 0.4) is 0 Å². The Bertz CT molecular complexity index is 1440. The van der Waals surface area contributed by atoms with Crippen LogP contribution < -0.4 is 0 Å². The number of hydrogen-bond acceptors (Lipinski definition) is 0. The van der Waals surface area contributed by atoms with Gasteiger partial charge in [0.05, 0.1) is 240 Å². The zero-order valence-corrected chi connectivity index (χ0v) is 69.0. The summed E-state index contributed by atoms with van der Waals surface area (Å²) < 4.78 is 0. The first-order chi connectivity index (χ1) is 43.4. The van der Waals surface area contributed by atoms with E-state index in [0.717, 1.165) is 109 Å². The first kappa shape index (κ1) is 95.8. The second-order valence-electron chi connectivity index (χ2n) is 32.0. The summed E-state index contributed by atoms with van der Waals surface area (Å²) in [4.78, 5) is 0. The summed E-state index contributed by atoms with van der Waals surface area (Å²) in [6, 6.07) is 0. The van der Waals surface area contributed by atoms with Crippen LogP contribution in [0.1, 0.15) is 0 Å². The van der Waals surface area contributed by atoms with E-state index in [-0.39, 0.29) is 0 Å². The van der Waals surface area contributed by atoms with Gasteiger partial charge in [-0.3, -0.25) is 0 Å². The topological polar surface area (TPSA) is 0 Å². The molecule has 0 saturated heterocycles. The minimum Gasteiger partial charge on any atom is 0.0000316 e. The molecule has 0 aliphatic rings. The molecule has 0 unspecified atom stereocenters. The predicted molar refractivity (Wildman–Crippen MR) is 646 cm³/mol. The molecule has 0 aliphatic carbocycles. The summed E-state index contributed by atoms with van der Waals surface area (Å²) in [6.07, 6.45) is 21.0. The van der Waals surface area contributed by atoms with Crippen molar-refractivity contribution in [3.8, 4) is 0 Å². The highest BCUT2D eigenvalue weighted by atomic mass is 13.5. The van der Waals surface area contributed by atoms with E-state index in [2.05, 4.69) is 240 Å². The summed E-state index contributed by atoms with van der Waals surface area (Å²) in [5.41, 5.74) is 0. The molecule has 90 heteroatoms. The van der Waals surface area contributed by atoms with Gasteiger partial charge in [-0.25, -0.2) is 0 Å². The maximum atomic E-state index is 2.93. The van der Waals surface area contributed by atoms with Gasteiger partial charge in [0, 0.05) is 397 Å². The minimum absolute atomic E-state index is 0.656. The van der Waals surface area contributed by atoms with Gasteiger partial charge in [-0.1, -0.05) is 0 Å². The van der Waals surface area contributed by atoms with Gasteiger partial charge >= 0.3 is 0 Å². The molecule has 0 aliphatic heterocycles. The summed E-state index contributed by atoms with van der Waals surface area (Å²) in [5, 5.41) is 0. The Hall–Kier alpha value is 5.84. The minimum atomic E-state index is 0.656. The molecular formula is H92B90. The average molecular weight is 1070 g/mol. The van der Waals surface area contributed by atoms with Crippen LogP contribution in [-0.2, 0) is 0 Å². The molecule has 0 spiro atoms. The third-order valence-electron chi connectivity index (χ3n) is 30.0. The standard InChI is InChI=1S/B90H92/c1-32-62(31)82(72(51-20)52-21)89(86(79(59-28)69(45-14)46-15)83(73(53-22)63(33-2)34-3)74(54-23)64(35-4)36-5)90(87(80(60-29)70(47-16)48-17)84(75(55-24)65(37-6)38-7)76(56-25)66(39-8)40-9)88(81(61-30)71(49-18)50-19)85(77(57-26)67(41-10)42-11)78(58-27)68(43-12)44-13/h32-61H,1-31H2. The first-order valence-electron chi connectivity index (χ1n) is 43.4. The van der Waals surface area contributed by atoms with Crippen LogP contribution in [-0.4, -0.2) is 637 Å². The first-order valence-corrected chi connectivity index (χ1v) is 43.4. The Morgan fingerprint density at radius 3 is 0.344 bits per heavy atom. The summed E-state index contributed by atoms with van der Waals surface area (Å²) in [5.74, 6) is 0. The monoisotopic (exact) mass is 1080 g/mol. The molecule has 0 aromatic rings. The van der Waals surface area contributed by atoms with Gasteiger partial charge in [0.2, 0.25) is 0 Å². The van der Waals surface area contributed by atoms with E-state index in [9.17, 15) is 0 Å². The van der Waals surface area contributed by atoms with Crippen LogP contribution in [0.5, 0.6) is 0 Å². The lowest BCUT2D eigenvalue weighted by Crippen LogP contribution is -2.98. The highest BCUT2D eigenvalue weighted by Crippen LogP contribution is 2.26. The van der Waals surface area contributed by atoms with Gasteiger partial charge in [0.15, 0.2) is 0 Å². The van der Waals surface area contributed by atoms with Crippen LogP contribution in [0.4, 0.5) is 0 Å². The molecule has 0 heterocycles. The highest BCUT2D eigenvalue weighted by molar-refractivity contribution is 8.40. The third kappa shape index (κ3) is 25.6. The molecule has 0 aromatic carbocycles. The van der Waals surface area contributed by atoms with Crippen molar-refractivity contribution in [3.63, 3.8) is 0 Å². The molecule has 0 nitrogen and oxygen atoms in total. The molecule has 0 bridgehead atoms. The fourth-order valence-electron chi connectivity index (χ4n) is 25.3. The van der Waals surface area contributed by atoms with Crippen molar-refractivity contribution >= 4 is 637 Å². The van der Waals surface area contributed by atoms with Gasteiger partial charge in [0.25, 0.3) is 0 Å². The smallest absolute Gasteiger partial charge is 0.0000316 e. The van der Waals surface area contributed by atoms with Crippen molar-refractivity contribution in [2.75, 3.05) is 0 Å². The Morgan fingerprint density at radius 1 is 0.111 bits per heavy atom. The van der Waals surface area contributed by atoms with Gasteiger partial charge in [-0.2, -0.15) is 0 Å². The molecule has 90 heavy (non-hydrogen) atoms. The van der Waals surface area contributed by atoms with E-state index in [1.165, 1.54) is 212 Å². The van der Waals surface area contributed by atoms with E-state index in [1.54, 1.807) is 0 Å². The van der Waals surface area contributed by atoms with Gasteiger partial charge < -0.3 is 0 Å². The second kappa shape index (κ2) is 55.3. The van der Waals surface area contributed by atoms with Crippen molar-refractivity contribution in [1.82, 2.24) is 0 Å². The molecule has 0 amide bonds. The van der Waals surface area contributed by atoms with Crippen LogP contribution in [0, 0.1) is 0 Å². The zero-order valence-electron chi connectivity index (χ0n) is 69.0. The summed E-state index contributed by atoms with van der Waals surface area (Å²) >= 11 is 0. The van der Waals surface area contributed by atoms with Crippen molar-refractivity contribution < 1.29 is 0 Å². The van der Waals surface area contributed by atoms with E-state index in [0.29, 0.717) is 76.6 Å². The second-order valence-corrected chi connectivity index (χ2v) is 32.0. The van der Waals surface area contributed by atoms with Crippen LogP contribution in [0.15, 0.2) is 0 Å². The van der Waals surface area contributed by atoms with E-state index in [1.807, 2.05) is 0 Å². The van der Waals surface area contributed by atoms with E-state index in [4.69, 9.17) is 0 Å². The average Bonchev–Trinajstić information content (AvgIpc) is 0.732. The maximum Gasteiger partial charge on any atom is 0.0594 e. The molecule has 0 saturated carbocycles. The number of rotatable bonds is 58. The summed E-state index contributed by atoms with van der Waals surface area (Å²) in [6.45, 7) is 0. The van der Waals surface area contributed by atoms with E-state index < -0.39 is 0 Å². The normalized spacial score (nSPS) is 9.16. The van der Waals surface area contributed by atoms with Crippen LogP contribution in [0.25, 0.3) is 0 Å². The highest BCUT2D eigenvalue weighted by Gasteiger charge is 2.65. The largest absolute Gasteiger partial charge is 0.0594 e. The lowest BCUT2D eigenvalue weighted by Gasteiger charge is -2.59. The molecular weight excluding hydrogens is 973 g/mol. The predicted octanol–water partition coefficient (Wildman–Crippen LogP) is -58.9. The number of hydrogen-bond donors (Lipinski definition) is 0. The maximum absolute atomic E-state index is 2.93. The Labute approximate surface area is 630 Å². The molecule has 0 radical (unpaired) electrons. The van der Waals surface area contributed by atoms with Gasteiger partial charge in [0.1, 0.15) is 0 Å². The van der Waals surface area contributed by atoms with Gasteiger partial charge in [-0.15, -0.1) is 0 Å². The van der Waals surface area contributed by atoms with Gasteiger partial charge in [-0.05, 0) is 0 Å². The van der Waals surface area contributed by atoms with Crippen LogP contribution >= 0.6 is 0 Å². The van der Waals surface area contributed by atoms with Crippen molar-refractivity contribution in [3.05, 3.63) is 0 Å². The fraction of sp³-hybridized carbons (Fsp3) is 0. The SMILES string of the molecule is BBB(B)B(B(BB)BB)B(B(B(BB)B(BB)BB)B(B(BB)B(BB)BB)B(BB)B(BB)BB)B(B(B(BB)B(BB)BB)B(B(BB)B(BB)BB)B(BB)B(BB)BB)B(B(BB)B(BB)BB)B(B(BB)B(BB)BB)B(BB)B(BB)BB. The molecule has 0 atom stereocenters.